The predicted molar refractivity (Wildman–Crippen MR) is 59.7 cm³/mol. The molecule has 104 valence electrons. The van der Waals surface area contributed by atoms with Gasteiger partial charge in [-0.2, -0.15) is 13.2 Å². The van der Waals surface area contributed by atoms with E-state index >= 15 is 0 Å². The van der Waals surface area contributed by atoms with E-state index in [0.717, 1.165) is 6.07 Å². The van der Waals surface area contributed by atoms with Gasteiger partial charge in [-0.3, -0.25) is 4.79 Å². The predicted octanol–water partition coefficient (Wildman–Crippen LogP) is 3.82. The molecule has 0 amide bonds. The molecule has 0 aromatic heterocycles. The number of halogens is 6. The van der Waals surface area contributed by atoms with Gasteiger partial charge in [0, 0.05) is 5.92 Å². The average molecular weight is 317 g/mol. The lowest BCUT2D eigenvalue weighted by molar-refractivity contribution is -0.140. The first-order valence-corrected chi connectivity index (χ1v) is 5.79. The van der Waals surface area contributed by atoms with Crippen LogP contribution in [0.15, 0.2) is 18.2 Å². The number of rotatable bonds is 2. The standard InChI is InChI=1S/C11H6Cl2F4O2/c12-10(13)7(8(10)9(18)19)4-1-2-6(14)5(3-4)11(15,16)17/h1-3,7-8H,(H,18,19)/t7?,8-/m1/s1. The first kappa shape index (κ1) is 14.4. The third-order valence-electron chi connectivity index (χ3n) is 2.97. The molecule has 8 heteroatoms. The Hall–Kier alpha value is -1.01. The van der Waals surface area contributed by atoms with Crippen LogP contribution in [0.2, 0.25) is 0 Å². The van der Waals surface area contributed by atoms with E-state index in [1.54, 1.807) is 0 Å². The molecule has 2 rings (SSSR count). The Labute approximate surface area is 114 Å². The van der Waals surface area contributed by atoms with E-state index in [-0.39, 0.29) is 5.56 Å². The van der Waals surface area contributed by atoms with Gasteiger partial charge in [0.2, 0.25) is 0 Å². The Bertz CT molecular complexity index is 542. The molecule has 0 spiro atoms. The Morgan fingerprint density at radius 3 is 2.32 bits per heavy atom. The molecule has 0 aliphatic heterocycles. The van der Waals surface area contributed by atoms with Gasteiger partial charge >= 0.3 is 12.1 Å². The van der Waals surface area contributed by atoms with Crippen LogP contribution in [0.25, 0.3) is 0 Å². The van der Waals surface area contributed by atoms with Crippen LogP contribution >= 0.6 is 23.2 Å². The summed E-state index contributed by atoms with van der Waals surface area (Å²) < 4.78 is 49.0. The number of carboxylic acids is 1. The van der Waals surface area contributed by atoms with Crippen LogP contribution < -0.4 is 0 Å². The van der Waals surface area contributed by atoms with Crippen LogP contribution in [0, 0.1) is 11.7 Å². The maximum atomic E-state index is 13.1. The number of aliphatic carboxylic acids is 1. The van der Waals surface area contributed by atoms with Gasteiger partial charge in [0.25, 0.3) is 0 Å². The minimum atomic E-state index is -4.87. The van der Waals surface area contributed by atoms with Crippen molar-refractivity contribution in [2.75, 3.05) is 0 Å². The topological polar surface area (TPSA) is 37.3 Å². The molecule has 0 saturated heterocycles. The van der Waals surface area contributed by atoms with Crippen molar-refractivity contribution in [2.45, 2.75) is 16.4 Å². The Morgan fingerprint density at radius 2 is 1.89 bits per heavy atom. The van der Waals surface area contributed by atoms with E-state index in [0.29, 0.717) is 12.1 Å². The van der Waals surface area contributed by atoms with Crippen molar-refractivity contribution < 1.29 is 27.5 Å². The monoisotopic (exact) mass is 316 g/mol. The summed E-state index contributed by atoms with van der Waals surface area (Å²) in [5, 5.41) is 8.84. The second-order valence-corrected chi connectivity index (χ2v) is 5.65. The number of benzene rings is 1. The Morgan fingerprint density at radius 1 is 1.32 bits per heavy atom. The molecule has 2 atom stereocenters. The summed E-state index contributed by atoms with van der Waals surface area (Å²) in [7, 11) is 0. The van der Waals surface area contributed by atoms with Gasteiger partial charge in [-0.15, -0.1) is 0 Å². The molecule has 1 unspecified atom stereocenters. The van der Waals surface area contributed by atoms with Gasteiger partial charge in [-0.1, -0.05) is 29.3 Å². The quantitative estimate of drug-likeness (QED) is 0.665. The molecule has 0 heterocycles. The SMILES string of the molecule is O=C(O)[C@H]1C(c2ccc(F)c(C(F)(F)F)c2)C1(Cl)Cl. The smallest absolute Gasteiger partial charge is 0.419 e. The molecular weight excluding hydrogens is 311 g/mol. The molecule has 2 nitrogen and oxygen atoms in total. The number of carboxylic acid groups (broad SMARTS) is 1. The van der Waals surface area contributed by atoms with E-state index in [4.69, 9.17) is 28.3 Å². The highest BCUT2D eigenvalue weighted by Crippen LogP contribution is 2.65. The van der Waals surface area contributed by atoms with Gasteiger partial charge in [0.15, 0.2) is 0 Å². The average Bonchev–Trinajstić information content (AvgIpc) is 2.80. The van der Waals surface area contributed by atoms with Crippen molar-refractivity contribution in [3.8, 4) is 0 Å². The number of hydrogen-bond donors (Lipinski definition) is 1. The third kappa shape index (κ3) is 2.39. The molecule has 1 aliphatic carbocycles. The van der Waals surface area contributed by atoms with E-state index in [2.05, 4.69) is 0 Å². The third-order valence-corrected chi connectivity index (χ3v) is 3.91. The highest BCUT2D eigenvalue weighted by Gasteiger charge is 2.68. The molecule has 1 aromatic carbocycles. The summed E-state index contributed by atoms with van der Waals surface area (Å²) in [6, 6.07) is 2.22. The highest BCUT2D eigenvalue weighted by atomic mass is 35.5. The summed E-state index contributed by atoms with van der Waals surface area (Å²) in [6.07, 6.45) is -4.87. The zero-order valence-corrected chi connectivity index (χ0v) is 10.5. The molecule has 19 heavy (non-hydrogen) atoms. The van der Waals surface area contributed by atoms with Crippen molar-refractivity contribution in [3.63, 3.8) is 0 Å². The van der Waals surface area contributed by atoms with E-state index in [1.165, 1.54) is 0 Å². The van der Waals surface area contributed by atoms with E-state index in [9.17, 15) is 22.4 Å². The van der Waals surface area contributed by atoms with Crippen molar-refractivity contribution in [3.05, 3.63) is 35.1 Å². The highest BCUT2D eigenvalue weighted by molar-refractivity contribution is 6.53. The molecule has 1 aliphatic rings. The molecular formula is C11H6Cl2F4O2. The van der Waals surface area contributed by atoms with Crippen LogP contribution in [0.1, 0.15) is 17.0 Å². The maximum absolute atomic E-state index is 13.1. The van der Waals surface area contributed by atoms with Crippen LogP contribution in [0.3, 0.4) is 0 Å². The van der Waals surface area contributed by atoms with Crippen molar-refractivity contribution in [1.29, 1.82) is 0 Å². The maximum Gasteiger partial charge on any atom is 0.419 e. The van der Waals surface area contributed by atoms with E-state index in [1.807, 2.05) is 0 Å². The fourth-order valence-electron chi connectivity index (χ4n) is 2.00. The fraction of sp³-hybridized carbons (Fsp3) is 0.364. The lowest BCUT2D eigenvalue weighted by Gasteiger charge is -2.10. The fourth-order valence-corrected chi connectivity index (χ4v) is 2.82. The van der Waals surface area contributed by atoms with Crippen molar-refractivity contribution >= 4 is 29.2 Å². The largest absolute Gasteiger partial charge is 0.481 e. The molecule has 1 aromatic rings. The second-order valence-electron chi connectivity index (χ2n) is 4.21. The zero-order chi connectivity index (χ0) is 14.6. The minimum absolute atomic E-state index is 0.0499. The summed E-state index contributed by atoms with van der Waals surface area (Å²) in [4.78, 5) is 10.8. The lowest BCUT2D eigenvalue weighted by Crippen LogP contribution is -2.09. The van der Waals surface area contributed by atoms with Crippen LogP contribution in [-0.4, -0.2) is 15.4 Å². The van der Waals surface area contributed by atoms with Crippen molar-refractivity contribution in [1.82, 2.24) is 0 Å². The normalized spacial score (nSPS) is 25.2. The zero-order valence-electron chi connectivity index (χ0n) is 9.01. The Balaban J connectivity index is 2.42. The van der Waals surface area contributed by atoms with Gasteiger partial charge in [-0.25, -0.2) is 4.39 Å². The first-order chi connectivity index (χ1) is 8.56. The van der Waals surface area contributed by atoms with Crippen LogP contribution in [0.4, 0.5) is 17.6 Å². The van der Waals surface area contributed by atoms with Crippen molar-refractivity contribution in [2.24, 2.45) is 5.92 Å². The number of alkyl halides is 5. The van der Waals surface area contributed by atoms with E-state index < -0.39 is 39.7 Å². The Kier molecular flexibility index (Phi) is 3.22. The van der Waals surface area contributed by atoms with Crippen LogP contribution in [-0.2, 0) is 11.0 Å². The minimum Gasteiger partial charge on any atom is -0.481 e. The molecule has 1 saturated carbocycles. The summed E-state index contributed by atoms with van der Waals surface area (Å²) in [5.41, 5.74) is -1.52. The molecule has 0 bridgehead atoms. The van der Waals surface area contributed by atoms with Gasteiger partial charge < -0.3 is 5.11 Å². The van der Waals surface area contributed by atoms with Gasteiger partial charge in [0.1, 0.15) is 10.2 Å². The number of carbonyl (C=O) groups is 1. The summed E-state index contributed by atoms with van der Waals surface area (Å²) in [6.45, 7) is 0. The number of hydrogen-bond acceptors (Lipinski definition) is 1. The molecule has 0 radical (unpaired) electrons. The van der Waals surface area contributed by atoms with Crippen LogP contribution in [0.5, 0.6) is 0 Å². The van der Waals surface area contributed by atoms with Gasteiger partial charge in [-0.05, 0) is 17.7 Å². The first-order valence-electron chi connectivity index (χ1n) is 5.04. The van der Waals surface area contributed by atoms with Gasteiger partial charge in [0.05, 0.1) is 11.5 Å². The molecule has 1 N–H and O–H groups in total. The molecule has 1 fully saturated rings. The lowest BCUT2D eigenvalue weighted by atomic mass is 10.0. The summed E-state index contributed by atoms with van der Waals surface area (Å²) in [5.74, 6) is -4.94. The second kappa shape index (κ2) is 4.24. The summed E-state index contributed by atoms with van der Waals surface area (Å²) >= 11 is 11.4.